The molecule has 2 unspecified atom stereocenters. The molecule has 0 bridgehead atoms. The summed E-state index contributed by atoms with van der Waals surface area (Å²) in [4.78, 5) is 40.7. The standard InChI is InChI=1S/C26H31N3O4/c1-2-26(12-4-3-5-22(26)30)28-13-10-17(11-14-28)18-6-7-20-19(15-18)16-29(25(20)33)21-8-9-23(31)27-24(21)32/h3-7,12,15,17,21-22,30H,2,8-11,13-14,16H2,1H3,(H,27,31,32)/t21?,22?,26-/m0/s1. The summed E-state index contributed by atoms with van der Waals surface area (Å²) in [5.41, 5.74) is 2.53. The van der Waals surface area contributed by atoms with E-state index in [-0.39, 0.29) is 29.7 Å². The van der Waals surface area contributed by atoms with E-state index in [4.69, 9.17) is 0 Å². The number of piperidine rings is 2. The smallest absolute Gasteiger partial charge is 0.255 e. The second kappa shape index (κ2) is 8.54. The Morgan fingerprint density at radius 2 is 1.91 bits per heavy atom. The number of aliphatic hydroxyl groups is 1. The molecule has 4 aliphatic rings. The zero-order valence-electron chi connectivity index (χ0n) is 19.0. The van der Waals surface area contributed by atoms with Gasteiger partial charge in [-0.15, -0.1) is 0 Å². The van der Waals surface area contributed by atoms with Crippen molar-refractivity contribution in [3.63, 3.8) is 0 Å². The Balaban J connectivity index is 1.28. The molecule has 0 aromatic heterocycles. The number of likely N-dealkylation sites (tertiary alicyclic amines) is 1. The van der Waals surface area contributed by atoms with Gasteiger partial charge in [0, 0.05) is 18.5 Å². The van der Waals surface area contributed by atoms with E-state index in [1.54, 1.807) is 4.90 Å². The van der Waals surface area contributed by atoms with Crippen LogP contribution in [0.15, 0.2) is 42.5 Å². The van der Waals surface area contributed by atoms with Gasteiger partial charge in [0.05, 0.1) is 11.6 Å². The first-order chi connectivity index (χ1) is 15.9. The monoisotopic (exact) mass is 449 g/mol. The van der Waals surface area contributed by atoms with Crippen molar-refractivity contribution in [1.82, 2.24) is 15.1 Å². The molecule has 3 amide bonds. The number of carbonyl (C=O) groups excluding carboxylic acids is 3. The Hall–Kier alpha value is -2.77. The second-order valence-electron chi connectivity index (χ2n) is 9.61. The highest BCUT2D eigenvalue weighted by molar-refractivity contribution is 6.05. The number of carbonyl (C=O) groups is 3. The van der Waals surface area contributed by atoms with E-state index >= 15 is 0 Å². The molecule has 2 fully saturated rings. The number of nitrogens with one attached hydrogen (secondary N) is 1. The Morgan fingerprint density at radius 1 is 1.12 bits per heavy atom. The van der Waals surface area contributed by atoms with Crippen LogP contribution < -0.4 is 5.32 Å². The summed E-state index contributed by atoms with van der Waals surface area (Å²) in [7, 11) is 0. The van der Waals surface area contributed by atoms with Gasteiger partial charge in [0.2, 0.25) is 11.8 Å². The van der Waals surface area contributed by atoms with Gasteiger partial charge >= 0.3 is 0 Å². The lowest BCUT2D eigenvalue weighted by atomic mass is 9.80. The molecular formula is C26H31N3O4. The molecule has 7 nitrogen and oxygen atoms in total. The number of allylic oxidation sites excluding steroid dienone is 2. The molecular weight excluding hydrogens is 418 g/mol. The van der Waals surface area contributed by atoms with E-state index in [9.17, 15) is 19.5 Å². The van der Waals surface area contributed by atoms with Crippen LogP contribution >= 0.6 is 0 Å². The fraction of sp³-hybridized carbons (Fsp3) is 0.500. The van der Waals surface area contributed by atoms with Crippen LogP contribution in [0.4, 0.5) is 0 Å². The summed E-state index contributed by atoms with van der Waals surface area (Å²) in [5.74, 6) is -0.373. The van der Waals surface area contributed by atoms with Gasteiger partial charge in [-0.25, -0.2) is 0 Å². The average Bonchev–Trinajstić information content (AvgIpc) is 3.15. The lowest BCUT2D eigenvalue weighted by molar-refractivity contribution is -0.136. The van der Waals surface area contributed by atoms with Gasteiger partial charge in [-0.2, -0.15) is 0 Å². The molecule has 7 heteroatoms. The highest BCUT2D eigenvalue weighted by Crippen LogP contribution is 2.38. The van der Waals surface area contributed by atoms with Gasteiger partial charge in [-0.1, -0.05) is 43.4 Å². The highest BCUT2D eigenvalue weighted by atomic mass is 16.3. The zero-order chi connectivity index (χ0) is 23.2. The molecule has 2 saturated heterocycles. The maximum Gasteiger partial charge on any atom is 0.255 e. The topological polar surface area (TPSA) is 90.0 Å². The minimum absolute atomic E-state index is 0.128. The van der Waals surface area contributed by atoms with E-state index < -0.39 is 12.1 Å². The van der Waals surface area contributed by atoms with Crippen molar-refractivity contribution in [3.05, 3.63) is 59.2 Å². The van der Waals surface area contributed by atoms with Gasteiger partial charge in [0.1, 0.15) is 6.04 Å². The molecule has 1 aliphatic carbocycles. The van der Waals surface area contributed by atoms with Crippen LogP contribution in [0.25, 0.3) is 0 Å². The molecule has 1 aromatic carbocycles. The van der Waals surface area contributed by atoms with Crippen molar-refractivity contribution in [1.29, 1.82) is 0 Å². The quantitative estimate of drug-likeness (QED) is 0.689. The first-order valence-corrected chi connectivity index (χ1v) is 12.0. The summed E-state index contributed by atoms with van der Waals surface area (Å²) in [6, 6.07) is 5.51. The Morgan fingerprint density at radius 3 is 2.61 bits per heavy atom. The van der Waals surface area contributed by atoms with Crippen molar-refractivity contribution in [2.75, 3.05) is 13.1 Å². The van der Waals surface area contributed by atoms with E-state index in [0.717, 1.165) is 37.9 Å². The van der Waals surface area contributed by atoms with Crippen molar-refractivity contribution in [3.8, 4) is 0 Å². The molecule has 3 aliphatic heterocycles. The first kappa shape index (κ1) is 22.0. The summed E-state index contributed by atoms with van der Waals surface area (Å²) >= 11 is 0. The van der Waals surface area contributed by atoms with Crippen LogP contribution in [-0.2, 0) is 16.1 Å². The average molecular weight is 450 g/mol. The number of hydrogen-bond donors (Lipinski definition) is 2. The molecule has 2 N–H and O–H groups in total. The molecule has 174 valence electrons. The summed E-state index contributed by atoms with van der Waals surface area (Å²) in [5, 5.41) is 13.0. The third-order valence-electron chi connectivity index (χ3n) is 7.97. The third-order valence-corrected chi connectivity index (χ3v) is 7.97. The SMILES string of the molecule is CC[C@]1(N2CCC(c3ccc4c(c3)CN(C3CCC(=O)NC3=O)C4=O)CC2)C=CC=CC1O. The van der Waals surface area contributed by atoms with Crippen molar-refractivity contribution in [2.24, 2.45) is 0 Å². The number of imide groups is 1. The predicted molar refractivity (Wildman–Crippen MR) is 123 cm³/mol. The lowest BCUT2D eigenvalue weighted by Gasteiger charge is -2.48. The van der Waals surface area contributed by atoms with Crippen LogP contribution in [0.1, 0.15) is 66.4 Å². The molecule has 33 heavy (non-hydrogen) atoms. The minimum Gasteiger partial charge on any atom is -0.387 e. The summed E-state index contributed by atoms with van der Waals surface area (Å²) in [6.45, 7) is 4.36. The van der Waals surface area contributed by atoms with E-state index in [2.05, 4.69) is 35.3 Å². The molecule has 0 saturated carbocycles. The summed E-state index contributed by atoms with van der Waals surface area (Å²) < 4.78 is 0. The Bertz CT molecular complexity index is 1040. The van der Waals surface area contributed by atoms with Gasteiger partial charge in [0.25, 0.3) is 5.91 Å². The second-order valence-corrected chi connectivity index (χ2v) is 9.61. The Labute approximate surface area is 194 Å². The van der Waals surface area contributed by atoms with Gasteiger partial charge in [0.15, 0.2) is 0 Å². The van der Waals surface area contributed by atoms with E-state index in [1.165, 1.54) is 5.56 Å². The highest BCUT2D eigenvalue weighted by Gasteiger charge is 2.42. The molecule has 0 spiro atoms. The largest absolute Gasteiger partial charge is 0.387 e. The zero-order valence-corrected chi connectivity index (χ0v) is 19.0. The predicted octanol–water partition coefficient (Wildman–Crippen LogP) is 2.26. The van der Waals surface area contributed by atoms with E-state index in [1.807, 2.05) is 24.3 Å². The lowest BCUT2D eigenvalue weighted by Crippen LogP contribution is -2.57. The molecule has 5 rings (SSSR count). The minimum atomic E-state index is -0.580. The van der Waals surface area contributed by atoms with Crippen molar-refractivity contribution < 1.29 is 19.5 Å². The number of aliphatic hydroxyl groups excluding tert-OH is 1. The number of rotatable bonds is 4. The number of hydrogen-bond acceptors (Lipinski definition) is 5. The van der Waals surface area contributed by atoms with Gasteiger partial charge < -0.3 is 10.0 Å². The maximum absolute atomic E-state index is 12.9. The molecule has 3 heterocycles. The fourth-order valence-electron chi connectivity index (χ4n) is 5.98. The molecule has 0 radical (unpaired) electrons. The van der Waals surface area contributed by atoms with Gasteiger partial charge in [-0.3, -0.25) is 24.6 Å². The normalized spacial score (nSPS) is 30.6. The Kier molecular flexibility index (Phi) is 5.70. The molecule has 3 atom stereocenters. The van der Waals surface area contributed by atoms with Crippen molar-refractivity contribution in [2.45, 2.75) is 69.2 Å². The van der Waals surface area contributed by atoms with Crippen LogP contribution in [0.2, 0.25) is 0 Å². The van der Waals surface area contributed by atoms with Crippen LogP contribution in [0, 0.1) is 0 Å². The van der Waals surface area contributed by atoms with Crippen LogP contribution in [0.5, 0.6) is 0 Å². The fourth-order valence-corrected chi connectivity index (χ4v) is 5.98. The third kappa shape index (κ3) is 3.73. The number of fused-ring (bicyclic) bond motifs is 1. The van der Waals surface area contributed by atoms with Crippen LogP contribution in [-0.4, -0.2) is 63.4 Å². The summed E-state index contributed by atoms with van der Waals surface area (Å²) in [6.07, 6.45) is 11.0. The van der Waals surface area contributed by atoms with Gasteiger partial charge in [-0.05, 0) is 61.9 Å². The van der Waals surface area contributed by atoms with Crippen molar-refractivity contribution >= 4 is 17.7 Å². The molecule has 1 aromatic rings. The number of nitrogens with zero attached hydrogens (tertiary/aromatic N) is 2. The van der Waals surface area contributed by atoms with E-state index in [0.29, 0.717) is 24.4 Å². The maximum atomic E-state index is 12.9. The van der Waals surface area contributed by atoms with Crippen LogP contribution in [0.3, 0.4) is 0 Å². The first-order valence-electron chi connectivity index (χ1n) is 12.0. The number of amides is 3. The number of benzene rings is 1.